The van der Waals surface area contributed by atoms with Crippen LogP contribution in [0.5, 0.6) is 0 Å². The number of hydrogen-bond acceptors (Lipinski definition) is 4. The highest BCUT2D eigenvalue weighted by Gasteiger charge is 2.16. The molecule has 3 N–H and O–H groups in total. The Morgan fingerprint density at radius 3 is 2.57 bits per heavy atom. The molecule has 0 aromatic heterocycles. The average Bonchev–Trinajstić information content (AvgIpc) is 2.39. The number of carbonyl (C=O) groups excluding carboxylic acids is 1. The molecule has 0 heterocycles. The molecule has 5 nitrogen and oxygen atoms in total. The van der Waals surface area contributed by atoms with E-state index in [1.54, 1.807) is 0 Å². The molecule has 1 aromatic rings. The van der Waals surface area contributed by atoms with Crippen molar-refractivity contribution in [1.82, 2.24) is 10.2 Å². The molecule has 0 aliphatic carbocycles. The number of hydrogen-bond donors (Lipinski definition) is 2. The van der Waals surface area contributed by atoms with Crippen LogP contribution in [-0.4, -0.2) is 50.2 Å². The average molecular weight is 316 g/mol. The first-order valence-electron chi connectivity index (χ1n) is 6.80. The fraction of sp³-hybridized carbons (Fsp3) is 0.533. The van der Waals surface area contributed by atoms with Crippen LogP contribution in [0.4, 0.5) is 0 Å². The number of nitrogens with zero attached hydrogens (tertiary/aromatic N) is 1. The molecule has 6 heteroatoms. The van der Waals surface area contributed by atoms with Gasteiger partial charge in [0.05, 0.1) is 6.61 Å². The molecule has 0 aliphatic rings. The molecular formula is C15H26ClN3O2. The molecule has 120 valence electrons. The molecule has 1 rings (SSSR count). The molecule has 2 unspecified atom stereocenters. The SMILES string of the molecule is COCC(N)C(=O)NC(C)CN(C)Cc1ccccc1.Cl. The third-order valence-corrected chi connectivity index (χ3v) is 2.95. The number of nitrogens with one attached hydrogen (secondary N) is 1. The fourth-order valence-electron chi connectivity index (χ4n) is 2.08. The summed E-state index contributed by atoms with van der Waals surface area (Å²) >= 11 is 0. The molecule has 0 saturated carbocycles. The van der Waals surface area contributed by atoms with Crippen molar-refractivity contribution in [2.45, 2.75) is 25.6 Å². The lowest BCUT2D eigenvalue weighted by Gasteiger charge is -2.23. The first kappa shape index (κ1) is 19.9. The summed E-state index contributed by atoms with van der Waals surface area (Å²) in [4.78, 5) is 13.9. The zero-order valence-corrected chi connectivity index (χ0v) is 13.7. The lowest BCUT2D eigenvalue weighted by atomic mass is 10.2. The maximum absolute atomic E-state index is 11.7. The van der Waals surface area contributed by atoms with Gasteiger partial charge in [-0.05, 0) is 19.5 Å². The fourth-order valence-corrected chi connectivity index (χ4v) is 2.08. The summed E-state index contributed by atoms with van der Waals surface area (Å²) < 4.78 is 4.87. The number of rotatable bonds is 8. The Balaban J connectivity index is 0.00000400. The Kier molecular flexibility index (Phi) is 9.99. The number of methoxy groups -OCH3 is 1. The minimum Gasteiger partial charge on any atom is -0.383 e. The first-order valence-corrected chi connectivity index (χ1v) is 6.80. The largest absolute Gasteiger partial charge is 0.383 e. The van der Waals surface area contributed by atoms with Crippen molar-refractivity contribution in [2.75, 3.05) is 27.3 Å². The van der Waals surface area contributed by atoms with Crippen molar-refractivity contribution >= 4 is 18.3 Å². The van der Waals surface area contributed by atoms with Crippen molar-refractivity contribution in [1.29, 1.82) is 0 Å². The van der Waals surface area contributed by atoms with E-state index in [1.165, 1.54) is 12.7 Å². The van der Waals surface area contributed by atoms with Gasteiger partial charge in [-0.1, -0.05) is 30.3 Å². The maximum Gasteiger partial charge on any atom is 0.239 e. The van der Waals surface area contributed by atoms with E-state index in [1.807, 2.05) is 32.2 Å². The predicted molar refractivity (Wildman–Crippen MR) is 87.5 cm³/mol. The van der Waals surface area contributed by atoms with Crippen molar-refractivity contribution in [3.63, 3.8) is 0 Å². The first-order chi connectivity index (χ1) is 9.52. The van der Waals surface area contributed by atoms with E-state index in [4.69, 9.17) is 10.5 Å². The number of benzene rings is 1. The monoisotopic (exact) mass is 315 g/mol. The second kappa shape index (κ2) is 10.6. The van der Waals surface area contributed by atoms with E-state index < -0.39 is 6.04 Å². The normalized spacial score (nSPS) is 13.4. The molecule has 0 saturated heterocycles. The van der Waals surface area contributed by atoms with Gasteiger partial charge in [-0.2, -0.15) is 0 Å². The summed E-state index contributed by atoms with van der Waals surface area (Å²) in [5, 5.41) is 2.90. The van der Waals surface area contributed by atoms with Crippen LogP contribution in [0.15, 0.2) is 30.3 Å². The molecule has 0 bridgehead atoms. The van der Waals surface area contributed by atoms with Crippen molar-refractivity contribution in [2.24, 2.45) is 5.73 Å². The molecule has 1 amide bonds. The van der Waals surface area contributed by atoms with Gasteiger partial charge < -0.3 is 20.7 Å². The van der Waals surface area contributed by atoms with E-state index in [0.717, 1.165) is 13.1 Å². The molecule has 21 heavy (non-hydrogen) atoms. The summed E-state index contributed by atoms with van der Waals surface area (Å²) in [6, 6.07) is 9.67. The van der Waals surface area contributed by atoms with Crippen LogP contribution in [0.2, 0.25) is 0 Å². The molecule has 0 aliphatic heterocycles. The van der Waals surface area contributed by atoms with E-state index in [0.29, 0.717) is 0 Å². The Hall–Kier alpha value is -1.14. The van der Waals surface area contributed by atoms with Gasteiger partial charge in [0.25, 0.3) is 0 Å². The summed E-state index contributed by atoms with van der Waals surface area (Å²) in [7, 11) is 3.56. The van der Waals surface area contributed by atoms with Crippen LogP contribution in [0, 0.1) is 0 Å². The van der Waals surface area contributed by atoms with Gasteiger partial charge in [0.1, 0.15) is 6.04 Å². The van der Waals surface area contributed by atoms with Crippen LogP contribution < -0.4 is 11.1 Å². The molecule has 2 atom stereocenters. The zero-order valence-electron chi connectivity index (χ0n) is 12.9. The number of ether oxygens (including phenoxy) is 1. The van der Waals surface area contributed by atoms with Crippen molar-refractivity contribution in [3.05, 3.63) is 35.9 Å². The van der Waals surface area contributed by atoms with Crippen LogP contribution in [0.3, 0.4) is 0 Å². The lowest BCUT2D eigenvalue weighted by molar-refractivity contribution is -0.124. The topological polar surface area (TPSA) is 67.6 Å². The van der Waals surface area contributed by atoms with Crippen LogP contribution in [0.25, 0.3) is 0 Å². The smallest absolute Gasteiger partial charge is 0.239 e. The number of nitrogens with two attached hydrogens (primary N) is 1. The predicted octanol–water partition coefficient (Wildman–Crippen LogP) is 1.02. The Morgan fingerprint density at radius 2 is 2.00 bits per heavy atom. The van der Waals surface area contributed by atoms with Crippen LogP contribution in [-0.2, 0) is 16.1 Å². The number of halogens is 1. The molecule has 0 fully saturated rings. The number of likely N-dealkylation sites (N-methyl/N-ethyl adjacent to an activating group) is 1. The van der Waals surface area contributed by atoms with E-state index >= 15 is 0 Å². The van der Waals surface area contributed by atoms with E-state index in [2.05, 4.69) is 22.3 Å². The second-order valence-electron chi connectivity index (χ2n) is 5.15. The van der Waals surface area contributed by atoms with Crippen LogP contribution in [0.1, 0.15) is 12.5 Å². The molecule has 0 spiro atoms. The van der Waals surface area contributed by atoms with Gasteiger partial charge in [-0.25, -0.2) is 0 Å². The quantitative estimate of drug-likeness (QED) is 0.751. The van der Waals surface area contributed by atoms with E-state index in [-0.39, 0.29) is 31.0 Å². The Morgan fingerprint density at radius 1 is 1.38 bits per heavy atom. The summed E-state index contributed by atoms with van der Waals surface area (Å²) in [5.41, 5.74) is 6.93. The van der Waals surface area contributed by atoms with Crippen molar-refractivity contribution in [3.8, 4) is 0 Å². The third-order valence-electron chi connectivity index (χ3n) is 2.95. The highest BCUT2D eigenvalue weighted by Crippen LogP contribution is 2.03. The van der Waals surface area contributed by atoms with Gasteiger partial charge >= 0.3 is 0 Å². The minimum atomic E-state index is -0.609. The zero-order chi connectivity index (χ0) is 15.0. The van der Waals surface area contributed by atoms with Gasteiger partial charge in [-0.15, -0.1) is 12.4 Å². The van der Waals surface area contributed by atoms with Gasteiger partial charge in [-0.3, -0.25) is 4.79 Å². The maximum atomic E-state index is 11.7. The van der Waals surface area contributed by atoms with Crippen LogP contribution >= 0.6 is 12.4 Å². The summed E-state index contributed by atoms with van der Waals surface area (Å²) in [5.74, 6) is -0.174. The van der Waals surface area contributed by atoms with Gasteiger partial charge in [0.15, 0.2) is 0 Å². The second-order valence-corrected chi connectivity index (χ2v) is 5.15. The Labute approximate surface area is 133 Å². The highest BCUT2D eigenvalue weighted by molar-refractivity contribution is 5.85. The third kappa shape index (κ3) is 8.02. The number of amides is 1. The summed E-state index contributed by atoms with van der Waals surface area (Å²) in [6.45, 7) is 3.82. The minimum absolute atomic E-state index is 0. The number of carbonyl (C=O) groups is 1. The molecule has 0 radical (unpaired) electrons. The highest BCUT2D eigenvalue weighted by atomic mass is 35.5. The lowest BCUT2D eigenvalue weighted by Crippen LogP contribution is -2.49. The van der Waals surface area contributed by atoms with Gasteiger partial charge in [0, 0.05) is 26.2 Å². The summed E-state index contributed by atoms with van der Waals surface area (Å²) in [6.07, 6.45) is 0. The van der Waals surface area contributed by atoms with E-state index in [9.17, 15) is 4.79 Å². The van der Waals surface area contributed by atoms with Crippen molar-refractivity contribution < 1.29 is 9.53 Å². The van der Waals surface area contributed by atoms with Gasteiger partial charge in [0.2, 0.25) is 5.91 Å². The Bertz CT molecular complexity index is 403. The molecule has 1 aromatic carbocycles. The standard InChI is InChI=1S/C15H25N3O2.ClH/c1-12(17-15(19)14(16)11-20-3)9-18(2)10-13-7-5-4-6-8-13;/h4-8,12,14H,9-11,16H2,1-3H3,(H,17,19);1H. The molecular weight excluding hydrogens is 290 g/mol.